The Bertz CT molecular complexity index is 313. The predicted octanol–water partition coefficient (Wildman–Crippen LogP) is 0.570. The average Bonchev–Trinajstić information content (AvgIpc) is 2.66. The summed E-state index contributed by atoms with van der Waals surface area (Å²) >= 11 is 0. The van der Waals surface area contributed by atoms with Gasteiger partial charge in [-0.1, -0.05) is 0 Å². The highest BCUT2D eigenvalue weighted by molar-refractivity contribution is 5.40. The predicted molar refractivity (Wildman–Crippen MR) is 56.1 cm³/mol. The van der Waals surface area contributed by atoms with Gasteiger partial charge in [0.05, 0.1) is 6.20 Å². The molecule has 0 aromatic carbocycles. The Morgan fingerprint density at radius 2 is 2.50 bits per heavy atom. The molecule has 1 unspecified atom stereocenters. The number of nitrogens with two attached hydrogens (primary N) is 1. The van der Waals surface area contributed by atoms with Crippen molar-refractivity contribution >= 4 is 5.82 Å². The van der Waals surface area contributed by atoms with E-state index in [-0.39, 0.29) is 0 Å². The Morgan fingerprint density at radius 3 is 3.14 bits per heavy atom. The van der Waals surface area contributed by atoms with Crippen molar-refractivity contribution < 1.29 is 0 Å². The van der Waals surface area contributed by atoms with Gasteiger partial charge in [0, 0.05) is 13.1 Å². The Kier molecular flexibility index (Phi) is 2.63. The van der Waals surface area contributed by atoms with E-state index in [1.54, 1.807) is 6.20 Å². The molecule has 1 aromatic rings. The molecule has 0 bridgehead atoms. The highest BCUT2D eigenvalue weighted by Crippen LogP contribution is 2.20. The molecule has 4 heteroatoms. The lowest BCUT2D eigenvalue weighted by Crippen LogP contribution is -2.23. The van der Waals surface area contributed by atoms with Crippen molar-refractivity contribution in [3.8, 4) is 0 Å². The molecule has 1 atom stereocenters. The van der Waals surface area contributed by atoms with Crippen molar-refractivity contribution in [3.05, 3.63) is 17.8 Å². The number of nitrogens with zero attached hydrogens (tertiary/aromatic N) is 3. The van der Waals surface area contributed by atoms with Crippen LogP contribution in [-0.2, 0) is 0 Å². The molecule has 2 heterocycles. The van der Waals surface area contributed by atoms with Gasteiger partial charge in [0.25, 0.3) is 0 Å². The van der Waals surface area contributed by atoms with E-state index in [1.807, 2.05) is 6.92 Å². The molecule has 1 aliphatic heterocycles. The molecule has 2 rings (SSSR count). The molecule has 0 saturated carbocycles. The van der Waals surface area contributed by atoms with Gasteiger partial charge in [-0.15, -0.1) is 5.10 Å². The molecule has 4 nitrogen and oxygen atoms in total. The molecule has 14 heavy (non-hydrogen) atoms. The second-order valence-electron chi connectivity index (χ2n) is 3.93. The fraction of sp³-hybridized carbons (Fsp3) is 0.600. The summed E-state index contributed by atoms with van der Waals surface area (Å²) in [5, 5.41) is 8.08. The summed E-state index contributed by atoms with van der Waals surface area (Å²) in [6, 6.07) is 2.08. The second kappa shape index (κ2) is 3.92. The summed E-state index contributed by atoms with van der Waals surface area (Å²) in [6.45, 7) is 4.89. The summed E-state index contributed by atoms with van der Waals surface area (Å²) in [4.78, 5) is 2.26. The maximum Gasteiger partial charge on any atom is 0.151 e. The average molecular weight is 192 g/mol. The third-order valence-electron chi connectivity index (χ3n) is 2.72. The Hall–Kier alpha value is -1.16. The maximum atomic E-state index is 5.64. The van der Waals surface area contributed by atoms with E-state index >= 15 is 0 Å². The van der Waals surface area contributed by atoms with Gasteiger partial charge in [-0.25, -0.2) is 0 Å². The smallest absolute Gasteiger partial charge is 0.151 e. The van der Waals surface area contributed by atoms with Crippen LogP contribution in [0.4, 0.5) is 5.82 Å². The van der Waals surface area contributed by atoms with Crippen LogP contribution in [0.3, 0.4) is 0 Å². The second-order valence-corrected chi connectivity index (χ2v) is 3.93. The van der Waals surface area contributed by atoms with Gasteiger partial charge in [0.15, 0.2) is 5.82 Å². The monoisotopic (exact) mass is 192 g/mol. The Labute approximate surface area is 84.1 Å². The minimum absolute atomic E-state index is 0.623. The maximum absolute atomic E-state index is 5.64. The minimum atomic E-state index is 0.623. The standard InChI is InChI=1S/C10H16N4/c1-8-4-10(13-12-6-8)14-3-2-9(5-11)7-14/h4,6,9H,2-3,5,7,11H2,1H3. The fourth-order valence-corrected chi connectivity index (χ4v) is 1.84. The zero-order valence-electron chi connectivity index (χ0n) is 8.48. The summed E-state index contributed by atoms with van der Waals surface area (Å²) in [5.41, 5.74) is 6.80. The van der Waals surface area contributed by atoms with E-state index in [0.29, 0.717) is 5.92 Å². The molecule has 1 fully saturated rings. The zero-order chi connectivity index (χ0) is 9.97. The number of hydrogen-bond acceptors (Lipinski definition) is 4. The van der Waals surface area contributed by atoms with Crippen LogP contribution < -0.4 is 10.6 Å². The molecular weight excluding hydrogens is 176 g/mol. The Morgan fingerprint density at radius 1 is 1.64 bits per heavy atom. The van der Waals surface area contributed by atoms with Crippen molar-refractivity contribution in [2.24, 2.45) is 11.7 Å². The molecule has 2 N–H and O–H groups in total. The Balaban J connectivity index is 2.09. The lowest BCUT2D eigenvalue weighted by atomic mass is 10.1. The first-order chi connectivity index (χ1) is 6.79. The normalized spacial score (nSPS) is 21.6. The van der Waals surface area contributed by atoms with Crippen LogP contribution in [0.2, 0.25) is 0 Å². The fourth-order valence-electron chi connectivity index (χ4n) is 1.84. The minimum Gasteiger partial charge on any atom is -0.355 e. The molecule has 0 aliphatic carbocycles. The molecule has 0 spiro atoms. The van der Waals surface area contributed by atoms with Crippen molar-refractivity contribution in [1.29, 1.82) is 0 Å². The van der Waals surface area contributed by atoms with Crippen molar-refractivity contribution in [1.82, 2.24) is 10.2 Å². The SMILES string of the molecule is Cc1cnnc(N2CCC(CN)C2)c1. The highest BCUT2D eigenvalue weighted by Gasteiger charge is 2.22. The van der Waals surface area contributed by atoms with Crippen LogP contribution in [0, 0.1) is 12.8 Å². The van der Waals surface area contributed by atoms with E-state index in [2.05, 4.69) is 21.2 Å². The number of hydrogen-bond donors (Lipinski definition) is 1. The van der Waals surface area contributed by atoms with E-state index in [1.165, 1.54) is 6.42 Å². The van der Waals surface area contributed by atoms with Gasteiger partial charge in [0.1, 0.15) is 0 Å². The van der Waals surface area contributed by atoms with Crippen LogP contribution in [0.25, 0.3) is 0 Å². The van der Waals surface area contributed by atoms with Crippen LogP contribution in [0.1, 0.15) is 12.0 Å². The summed E-state index contributed by atoms with van der Waals surface area (Å²) in [7, 11) is 0. The lowest BCUT2D eigenvalue weighted by Gasteiger charge is -2.16. The zero-order valence-corrected chi connectivity index (χ0v) is 8.48. The van der Waals surface area contributed by atoms with E-state index in [0.717, 1.165) is 31.0 Å². The third-order valence-corrected chi connectivity index (χ3v) is 2.72. The van der Waals surface area contributed by atoms with Crippen LogP contribution >= 0.6 is 0 Å². The van der Waals surface area contributed by atoms with E-state index in [4.69, 9.17) is 5.73 Å². The highest BCUT2D eigenvalue weighted by atomic mass is 15.3. The third kappa shape index (κ3) is 1.85. The topological polar surface area (TPSA) is 55.0 Å². The number of aromatic nitrogens is 2. The molecule has 0 radical (unpaired) electrons. The molecule has 1 aromatic heterocycles. The summed E-state index contributed by atoms with van der Waals surface area (Å²) in [6.07, 6.45) is 2.95. The van der Waals surface area contributed by atoms with Crippen LogP contribution in [0.15, 0.2) is 12.3 Å². The number of rotatable bonds is 2. The van der Waals surface area contributed by atoms with Gasteiger partial charge < -0.3 is 10.6 Å². The van der Waals surface area contributed by atoms with E-state index in [9.17, 15) is 0 Å². The van der Waals surface area contributed by atoms with E-state index < -0.39 is 0 Å². The first-order valence-corrected chi connectivity index (χ1v) is 5.04. The lowest BCUT2D eigenvalue weighted by molar-refractivity contribution is 0.602. The van der Waals surface area contributed by atoms with Crippen molar-refractivity contribution in [2.45, 2.75) is 13.3 Å². The molecule has 0 amide bonds. The summed E-state index contributed by atoms with van der Waals surface area (Å²) in [5.74, 6) is 1.61. The van der Waals surface area contributed by atoms with Gasteiger partial charge in [-0.05, 0) is 37.4 Å². The van der Waals surface area contributed by atoms with Crippen molar-refractivity contribution in [2.75, 3.05) is 24.5 Å². The summed E-state index contributed by atoms with van der Waals surface area (Å²) < 4.78 is 0. The van der Waals surface area contributed by atoms with Crippen molar-refractivity contribution in [3.63, 3.8) is 0 Å². The molecular formula is C10H16N4. The van der Waals surface area contributed by atoms with Gasteiger partial charge in [0.2, 0.25) is 0 Å². The van der Waals surface area contributed by atoms with Crippen LogP contribution in [-0.4, -0.2) is 29.8 Å². The first kappa shape index (κ1) is 9.40. The quantitative estimate of drug-likeness (QED) is 0.744. The van der Waals surface area contributed by atoms with Crippen LogP contribution in [0.5, 0.6) is 0 Å². The number of aryl methyl sites for hydroxylation is 1. The molecule has 1 aliphatic rings. The largest absolute Gasteiger partial charge is 0.355 e. The molecule has 76 valence electrons. The van der Waals surface area contributed by atoms with Gasteiger partial charge in [-0.2, -0.15) is 5.10 Å². The first-order valence-electron chi connectivity index (χ1n) is 5.04. The number of anilines is 1. The van der Waals surface area contributed by atoms with Gasteiger partial charge in [-0.3, -0.25) is 0 Å². The molecule has 1 saturated heterocycles. The van der Waals surface area contributed by atoms with Gasteiger partial charge >= 0.3 is 0 Å².